The topological polar surface area (TPSA) is 62.2 Å². The van der Waals surface area contributed by atoms with Crippen molar-refractivity contribution in [3.05, 3.63) is 77.5 Å². The lowest BCUT2D eigenvalue weighted by Gasteiger charge is -2.34. The lowest BCUT2D eigenvalue weighted by molar-refractivity contribution is -0.173. The second kappa shape index (κ2) is 9.79. The monoisotopic (exact) mass is 471 g/mol. The van der Waals surface area contributed by atoms with E-state index in [2.05, 4.69) is 26.7 Å². The Hall–Kier alpha value is -3.49. The van der Waals surface area contributed by atoms with Gasteiger partial charge < -0.3 is 15.5 Å². The lowest BCUT2D eigenvalue weighted by Crippen LogP contribution is -2.37. The molecule has 0 spiro atoms. The number of aryl methyl sites for hydroxylation is 1. The Morgan fingerprint density at radius 2 is 1.97 bits per heavy atom. The smallest absolute Gasteiger partial charge is 0.370 e. The average molecular weight is 472 g/mol. The first kappa shape index (κ1) is 23.7. The van der Waals surface area contributed by atoms with Crippen molar-refractivity contribution in [3.8, 4) is 0 Å². The van der Waals surface area contributed by atoms with Gasteiger partial charge in [0.25, 0.3) is 5.91 Å². The van der Waals surface area contributed by atoms with Crippen LogP contribution in [-0.2, 0) is 0 Å². The fraction of sp³-hybridized carbons (Fsp3) is 0.360. The SMILES string of the molecule is CCN(CCNC(=O)c1cnn2c1NC(c1ccccc1)CC2C(F)(F)F)c1cccc(C)c1. The predicted molar refractivity (Wildman–Crippen MR) is 126 cm³/mol. The van der Waals surface area contributed by atoms with Crippen molar-refractivity contribution < 1.29 is 18.0 Å². The van der Waals surface area contributed by atoms with Gasteiger partial charge in [-0.05, 0) is 37.1 Å². The Balaban J connectivity index is 1.50. The van der Waals surface area contributed by atoms with Crippen LogP contribution in [0.1, 0.15) is 46.9 Å². The van der Waals surface area contributed by atoms with Crippen molar-refractivity contribution >= 4 is 17.4 Å². The molecule has 2 unspecified atom stereocenters. The first-order valence-electron chi connectivity index (χ1n) is 11.3. The highest BCUT2D eigenvalue weighted by molar-refractivity contribution is 5.98. The van der Waals surface area contributed by atoms with E-state index < -0.39 is 24.2 Å². The molecule has 2 atom stereocenters. The Labute approximate surface area is 196 Å². The lowest BCUT2D eigenvalue weighted by atomic mass is 9.96. The molecule has 2 aromatic carbocycles. The standard InChI is InChI=1S/C25H28F3N5O/c1-3-32(19-11-7-8-17(2)14-19)13-12-29-24(34)20-16-30-33-22(25(26,27)28)15-21(31-23(20)33)18-9-5-4-6-10-18/h4-11,14,16,21-22,31H,3,12-13,15H2,1-2H3,(H,29,34). The van der Waals surface area contributed by atoms with Gasteiger partial charge in [0.2, 0.25) is 0 Å². The molecular weight excluding hydrogens is 443 g/mol. The van der Waals surface area contributed by atoms with Gasteiger partial charge in [0.05, 0.1) is 12.2 Å². The summed E-state index contributed by atoms with van der Waals surface area (Å²) in [5, 5.41) is 9.89. The molecule has 1 aliphatic heterocycles. The maximum absolute atomic E-state index is 13.8. The second-order valence-electron chi connectivity index (χ2n) is 8.43. The zero-order valence-corrected chi connectivity index (χ0v) is 19.1. The zero-order valence-electron chi connectivity index (χ0n) is 19.1. The summed E-state index contributed by atoms with van der Waals surface area (Å²) in [5.41, 5.74) is 3.03. The van der Waals surface area contributed by atoms with Gasteiger partial charge in [-0.1, -0.05) is 42.5 Å². The first-order chi connectivity index (χ1) is 16.3. The number of fused-ring (bicyclic) bond motifs is 1. The number of rotatable bonds is 7. The molecule has 1 aliphatic rings. The molecule has 0 aliphatic carbocycles. The molecule has 4 rings (SSSR count). The first-order valence-corrected chi connectivity index (χ1v) is 11.3. The van der Waals surface area contributed by atoms with Crippen LogP contribution in [0.2, 0.25) is 0 Å². The molecule has 1 aromatic heterocycles. The fourth-order valence-corrected chi connectivity index (χ4v) is 4.33. The number of amides is 1. The molecule has 1 amide bonds. The van der Waals surface area contributed by atoms with Crippen LogP contribution < -0.4 is 15.5 Å². The summed E-state index contributed by atoms with van der Waals surface area (Å²) < 4.78 is 42.4. The van der Waals surface area contributed by atoms with Gasteiger partial charge in [0.15, 0.2) is 6.04 Å². The number of halogens is 3. The summed E-state index contributed by atoms with van der Waals surface area (Å²) in [6.45, 7) is 5.72. The molecule has 0 radical (unpaired) electrons. The molecule has 0 fully saturated rings. The molecule has 34 heavy (non-hydrogen) atoms. The van der Waals surface area contributed by atoms with Crippen molar-refractivity contribution in [2.45, 2.75) is 38.5 Å². The van der Waals surface area contributed by atoms with Crippen molar-refractivity contribution in [2.75, 3.05) is 29.9 Å². The van der Waals surface area contributed by atoms with Crippen LogP contribution in [0, 0.1) is 6.92 Å². The van der Waals surface area contributed by atoms with E-state index in [0.717, 1.165) is 28.0 Å². The summed E-state index contributed by atoms with van der Waals surface area (Å²) in [7, 11) is 0. The van der Waals surface area contributed by atoms with E-state index in [1.165, 1.54) is 6.20 Å². The van der Waals surface area contributed by atoms with Crippen molar-refractivity contribution in [1.82, 2.24) is 15.1 Å². The molecular formula is C25H28F3N5O. The van der Waals surface area contributed by atoms with E-state index in [-0.39, 0.29) is 17.8 Å². The minimum atomic E-state index is -4.49. The average Bonchev–Trinajstić information content (AvgIpc) is 3.25. The molecule has 2 heterocycles. The van der Waals surface area contributed by atoms with E-state index in [1.54, 1.807) is 24.3 Å². The highest BCUT2D eigenvalue weighted by Gasteiger charge is 2.47. The zero-order chi connectivity index (χ0) is 24.3. The van der Waals surface area contributed by atoms with Gasteiger partial charge in [0.1, 0.15) is 11.4 Å². The van der Waals surface area contributed by atoms with Gasteiger partial charge in [-0.3, -0.25) is 4.79 Å². The number of hydrogen-bond donors (Lipinski definition) is 2. The van der Waals surface area contributed by atoms with E-state index >= 15 is 0 Å². The fourth-order valence-electron chi connectivity index (χ4n) is 4.33. The van der Waals surface area contributed by atoms with Crippen molar-refractivity contribution in [1.29, 1.82) is 0 Å². The molecule has 180 valence electrons. The number of nitrogens with one attached hydrogen (secondary N) is 2. The summed E-state index contributed by atoms with van der Waals surface area (Å²) in [6.07, 6.45) is -3.48. The van der Waals surface area contributed by atoms with E-state index in [0.29, 0.717) is 13.1 Å². The summed E-state index contributed by atoms with van der Waals surface area (Å²) in [6, 6.07) is 14.6. The van der Waals surface area contributed by atoms with E-state index in [9.17, 15) is 18.0 Å². The van der Waals surface area contributed by atoms with Gasteiger partial charge in [-0.25, -0.2) is 4.68 Å². The molecule has 6 nitrogen and oxygen atoms in total. The minimum Gasteiger partial charge on any atom is -0.370 e. The van der Waals surface area contributed by atoms with Crippen LogP contribution >= 0.6 is 0 Å². The van der Waals surface area contributed by atoms with Gasteiger partial charge >= 0.3 is 6.18 Å². The normalized spacial score (nSPS) is 17.6. The number of carbonyl (C=O) groups excluding carboxylic acids is 1. The highest BCUT2D eigenvalue weighted by atomic mass is 19.4. The third kappa shape index (κ3) is 5.03. The Bertz CT molecular complexity index is 1130. The van der Waals surface area contributed by atoms with Crippen LogP contribution in [0.3, 0.4) is 0 Å². The molecule has 0 saturated heterocycles. The Morgan fingerprint density at radius 1 is 1.21 bits per heavy atom. The van der Waals surface area contributed by atoms with Crippen LogP contribution in [0.15, 0.2) is 60.8 Å². The van der Waals surface area contributed by atoms with Gasteiger partial charge in [-0.2, -0.15) is 18.3 Å². The molecule has 0 saturated carbocycles. The predicted octanol–water partition coefficient (Wildman–Crippen LogP) is 5.11. The number of benzene rings is 2. The number of alkyl halides is 3. The summed E-state index contributed by atoms with van der Waals surface area (Å²) in [4.78, 5) is 15.1. The molecule has 9 heteroatoms. The number of carbonyl (C=O) groups is 1. The maximum atomic E-state index is 13.8. The summed E-state index contributed by atoms with van der Waals surface area (Å²) >= 11 is 0. The summed E-state index contributed by atoms with van der Waals surface area (Å²) in [5.74, 6) is -0.366. The third-order valence-corrected chi connectivity index (χ3v) is 6.10. The third-order valence-electron chi connectivity index (χ3n) is 6.10. The molecule has 0 bridgehead atoms. The highest BCUT2D eigenvalue weighted by Crippen LogP contribution is 2.44. The second-order valence-corrected chi connectivity index (χ2v) is 8.43. The quantitative estimate of drug-likeness (QED) is 0.503. The van der Waals surface area contributed by atoms with E-state index in [4.69, 9.17) is 0 Å². The number of hydrogen-bond acceptors (Lipinski definition) is 4. The van der Waals surface area contributed by atoms with Gasteiger partial charge in [0, 0.05) is 31.7 Å². The largest absolute Gasteiger partial charge is 0.410 e. The number of likely N-dealkylation sites (N-methyl/N-ethyl adjacent to an activating group) is 1. The Kier molecular flexibility index (Phi) is 6.81. The van der Waals surface area contributed by atoms with Crippen LogP contribution in [0.25, 0.3) is 0 Å². The van der Waals surface area contributed by atoms with Crippen LogP contribution in [0.4, 0.5) is 24.7 Å². The maximum Gasteiger partial charge on any atom is 0.410 e. The minimum absolute atomic E-state index is 0.0889. The number of aromatic nitrogens is 2. The van der Waals surface area contributed by atoms with Gasteiger partial charge in [-0.15, -0.1) is 0 Å². The number of nitrogens with zero attached hydrogens (tertiary/aromatic N) is 3. The molecule has 3 aromatic rings. The number of anilines is 2. The van der Waals surface area contributed by atoms with Crippen molar-refractivity contribution in [3.63, 3.8) is 0 Å². The van der Waals surface area contributed by atoms with Crippen molar-refractivity contribution in [2.24, 2.45) is 0 Å². The van der Waals surface area contributed by atoms with E-state index in [1.807, 2.05) is 38.1 Å². The van der Waals surface area contributed by atoms with Crippen LogP contribution in [0.5, 0.6) is 0 Å². The van der Waals surface area contributed by atoms with Crippen LogP contribution in [-0.4, -0.2) is 41.5 Å². The Morgan fingerprint density at radius 3 is 2.65 bits per heavy atom. The molecule has 2 N–H and O–H groups in total.